The van der Waals surface area contributed by atoms with Gasteiger partial charge in [0.25, 0.3) is 11.8 Å². The monoisotopic (exact) mass is 362 g/mol. The summed E-state index contributed by atoms with van der Waals surface area (Å²) in [6.45, 7) is 4.99. The fraction of sp³-hybridized carbons (Fsp3) is 0.333. The van der Waals surface area contributed by atoms with Crippen LogP contribution in [0.25, 0.3) is 0 Å². The van der Waals surface area contributed by atoms with Gasteiger partial charge in [-0.25, -0.2) is 0 Å². The van der Waals surface area contributed by atoms with Crippen LogP contribution < -0.4 is 10.2 Å². The van der Waals surface area contributed by atoms with Gasteiger partial charge >= 0.3 is 0 Å². The molecule has 2 amide bonds. The Kier molecular flexibility index (Phi) is 5.40. The highest BCUT2D eigenvalue weighted by Gasteiger charge is 2.27. The van der Waals surface area contributed by atoms with Crippen LogP contribution in [0.4, 0.5) is 5.69 Å². The Bertz CT molecular complexity index is 753. The summed E-state index contributed by atoms with van der Waals surface area (Å²) in [5, 5.41) is 3.58. The third-order valence-corrected chi connectivity index (χ3v) is 4.60. The molecule has 1 aliphatic heterocycles. The van der Waals surface area contributed by atoms with Crippen molar-refractivity contribution in [3.63, 3.8) is 0 Å². The first-order valence-electron chi connectivity index (χ1n) is 8.25. The minimum Gasteiger partial charge on any atom is -0.459 e. The lowest BCUT2D eigenvalue weighted by Gasteiger charge is -2.31. The van der Waals surface area contributed by atoms with E-state index in [1.165, 1.54) is 6.26 Å². The number of furan rings is 1. The van der Waals surface area contributed by atoms with Crippen LogP contribution in [0.15, 0.2) is 41.0 Å². The van der Waals surface area contributed by atoms with Crippen molar-refractivity contribution in [2.45, 2.75) is 6.92 Å². The number of carbonyl (C=O) groups is 2. The van der Waals surface area contributed by atoms with E-state index in [0.29, 0.717) is 30.4 Å². The van der Waals surface area contributed by atoms with Crippen molar-refractivity contribution < 1.29 is 18.9 Å². The van der Waals surface area contributed by atoms with E-state index in [-0.39, 0.29) is 11.8 Å². The number of hydrogen-bond acceptors (Lipinski definition) is 3. The Hall–Kier alpha value is -2.31. The van der Waals surface area contributed by atoms with Crippen molar-refractivity contribution in [3.05, 3.63) is 52.9 Å². The number of piperazine rings is 1. The smallest absolute Gasteiger partial charge is 0.289 e. The molecule has 0 aliphatic carbocycles. The summed E-state index contributed by atoms with van der Waals surface area (Å²) in [5.41, 5.74) is 1.71. The minimum absolute atomic E-state index is 0.0359. The van der Waals surface area contributed by atoms with E-state index in [9.17, 15) is 9.59 Å². The highest BCUT2D eigenvalue weighted by atomic mass is 35.5. The second-order valence-electron chi connectivity index (χ2n) is 6.20. The van der Waals surface area contributed by atoms with E-state index >= 15 is 0 Å². The van der Waals surface area contributed by atoms with Crippen LogP contribution in [-0.2, 0) is 4.79 Å². The minimum atomic E-state index is -0.0923. The van der Waals surface area contributed by atoms with Gasteiger partial charge in [0.05, 0.1) is 32.4 Å². The fourth-order valence-electron chi connectivity index (χ4n) is 2.95. The van der Waals surface area contributed by atoms with Gasteiger partial charge in [0.2, 0.25) is 0 Å². The molecule has 6 nitrogen and oxygen atoms in total. The van der Waals surface area contributed by atoms with E-state index in [1.807, 2.05) is 19.1 Å². The molecule has 1 aromatic heterocycles. The van der Waals surface area contributed by atoms with E-state index in [1.54, 1.807) is 23.1 Å². The number of nitrogens with one attached hydrogen (secondary N) is 2. The van der Waals surface area contributed by atoms with Crippen molar-refractivity contribution >= 4 is 29.1 Å². The molecule has 2 N–H and O–H groups in total. The van der Waals surface area contributed by atoms with Gasteiger partial charge in [-0.1, -0.05) is 11.6 Å². The van der Waals surface area contributed by atoms with E-state index in [0.717, 1.165) is 29.2 Å². The van der Waals surface area contributed by atoms with Gasteiger partial charge in [-0.05, 0) is 42.8 Å². The molecule has 1 fully saturated rings. The highest BCUT2D eigenvalue weighted by molar-refractivity contribution is 6.30. The third kappa shape index (κ3) is 4.41. The van der Waals surface area contributed by atoms with E-state index < -0.39 is 0 Å². The summed E-state index contributed by atoms with van der Waals surface area (Å²) >= 11 is 5.93. The SMILES string of the molecule is Cc1cc(Cl)ccc1NC(=O)C[NH+]1CCN(C(=O)c2ccco2)CC1. The molecule has 0 radical (unpaired) electrons. The van der Waals surface area contributed by atoms with Gasteiger partial charge in [0.15, 0.2) is 12.3 Å². The normalized spacial score (nSPS) is 15.2. The predicted molar refractivity (Wildman–Crippen MR) is 95.0 cm³/mol. The Morgan fingerprint density at radius 2 is 2.04 bits per heavy atom. The van der Waals surface area contributed by atoms with Crippen LogP contribution in [0.1, 0.15) is 16.1 Å². The lowest BCUT2D eigenvalue weighted by atomic mass is 10.2. The topological polar surface area (TPSA) is 67.0 Å². The lowest BCUT2D eigenvalue weighted by molar-refractivity contribution is -0.895. The first-order valence-corrected chi connectivity index (χ1v) is 8.63. The van der Waals surface area contributed by atoms with Gasteiger partial charge in [-0.2, -0.15) is 0 Å². The number of halogens is 1. The maximum absolute atomic E-state index is 12.3. The van der Waals surface area contributed by atoms with Gasteiger partial charge in [-0.15, -0.1) is 0 Å². The molecule has 0 atom stereocenters. The average molecular weight is 363 g/mol. The Balaban J connectivity index is 1.48. The van der Waals surface area contributed by atoms with E-state index in [2.05, 4.69) is 5.32 Å². The molecule has 2 heterocycles. The summed E-state index contributed by atoms with van der Waals surface area (Å²) in [7, 11) is 0. The lowest BCUT2D eigenvalue weighted by Crippen LogP contribution is -3.15. The van der Waals surface area contributed by atoms with Crippen molar-refractivity contribution in [2.75, 3.05) is 38.0 Å². The zero-order valence-corrected chi connectivity index (χ0v) is 14.8. The zero-order valence-electron chi connectivity index (χ0n) is 14.0. The highest BCUT2D eigenvalue weighted by Crippen LogP contribution is 2.19. The van der Waals surface area contributed by atoms with Crippen LogP contribution >= 0.6 is 11.6 Å². The second kappa shape index (κ2) is 7.72. The van der Waals surface area contributed by atoms with Gasteiger partial charge in [0.1, 0.15) is 0 Å². The number of amides is 2. The molecule has 7 heteroatoms. The molecule has 0 spiro atoms. The Morgan fingerprint density at radius 1 is 1.28 bits per heavy atom. The van der Waals surface area contributed by atoms with Crippen LogP contribution in [0.5, 0.6) is 0 Å². The molecule has 1 saturated heterocycles. The fourth-order valence-corrected chi connectivity index (χ4v) is 3.17. The summed E-state index contributed by atoms with van der Waals surface area (Å²) in [5.74, 6) is 0.232. The van der Waals surface area contributed by atoms with Crippen molar-refractivity contribution in [1.82, 2.24) is 4.90 Å². The van der Waals surface area contributed by atoms with Crippen molar-refractivity contribution in [3.8, 4) is 0 Å². The number of anilines is 1. The zero-order chi connectivity index (χ0) is 17.8. The first kappa shape index (κ1) is 17.5. The van der Waals surface area contributed by atoms with Crippen LogP contribution in [0.2, 0.25) is 5.02 Å². The number of quaternary nitrogens is 1. The first-order chi connectivity index (χ1) is 12.0. The van der Waals surface area contributed by atoms with Crippen molar-refractivity contribution in [1.29, 1.82) is 0 Å². The Labute approximate surface area is 151 Å². The molecule has 2 aromatic rings. The predicted octanol–water partition coefficient (Wildman–Crippen LogP) is 1.22. The molecule has 1 aromatic carbocycles. The summed E-state index contributed by atoms with van der Waals surface area (Å²) in [6, 6.07) is 8.77. The molecule has 1 aliphatic rings. The number of benzene rings is 1. The van der Waals surface area contributed by atoms with Gasteiger partial charge in [-0.3, -0.25) is 9.59 Å². The third-order valence-electron chi connectivity index (χ3n) is 4.36. The molecule has 3 rings (SSSR count). The number of aryl methyl sites for hydroxylation is 1. The second-order valence-corrected chi connectivity index (χ2v) is 6.64. The molecular formula is C18H21ClN3O3+. The molecule has 25 heavy (non-hydrogen) atoms. The molecule has 0 unspecified atom stereocenters. The summed E-state index contributed by atoms with van der Waals surface area (Å²) in [6.07, 6.45) is 1.50. The number of rotatable bonds is 4. The standard InChI is InChI=1S/C18H20ClN3O3/c1-13-11-14(19)4-5-15(13)20-17(23)12-21-6-8-22(9-7-21)18(24)16-3-2-10-25-16/h2-5,10-11H,6-9,12H2,1H3,(H,20,23)/p+1. The number of nitrogens with zero attached hydrogens (tertiary/aromatic N) is 1. The van der Waals surface area contributed by atoms with Crippen LogP contribution in [0, 0.1) is 6.92 Å². The largest absolute Gasteiger partial charge is 0.459 e. The van der Waals surface area contributed by atoms with Crippen LogP contribution in [0.3, 0.4) is 0 Å². The van der Waals surface area contributed by atoms with Gasteiger partial charge < -0.3 is 19.5 Å². The molecule has 132 valence electrons. The molecule has 0 saturated carbocycles. The van der Waals surface area contributed by atoms with Gasteiger partial charge in [0, 0.05) is 10.7 Å². The van der Waals surface area contributed by atoms with E-state index in [4.69, 9.17) is 16.0 Å². The maximum Gasteiger partial charge on any atom is 0.289 e. The Morgan fingerprint density at radius 3 is 2.68 bits per heavy atom. The number of carbonyl (C=O) groups excluding carboxylic acids is 2. The molecule has 0 bridgehead atoms. The summed E-state index contributed by atoms with van der Waals surface area (Å²) < 4.78 is 5.15. The average Bonchev–Trinajstić information content (AvgIpc) is 3.12. The number of hydrogen-bond donors (Lipinski definition) is 2. The maximum atomic E-state index is 12.3. The summed E-state index contributed by atoms with van der Waals surface area (Å²) in [4.78, 5) is 27.4. The van der Waals surface area contributed by atoms with Crippen molar-refractivity contribution in [2.24, 2.45) is 0 Å². The van der Waals surface area contributed by atoms with Crippen LogP contribution in [-0.4, -0.2) is 49.4 Å². The quantitative estimate of drug-likeness (QED) is 0.859. The molecular weight excluding hydrogens is 342 g/mol.